The number of anilines is 1. The van der Waals surface area contributed by atoms with E-state index in [-0.39, 0.29) is 18.2 Å². The third kappa shape index (κ3) is 5.01. The van der Waals surface area contributed by atoms with Crippen LogP contribution in [0, 0.1) is 0 Å². The number of ether oxygens (including phenoxy) is 1. The number of benzene rings is 2. The first-order valence-electron chi connectivity index (χ1n) is 7.68. The zero-order valence-electron chi connectivity index (χ0n) is 13.7. The molecule has 0 unspecified atom stereocenters. The lowest BCUT2D eigenvalue weighted by molar-refractivity contribution is -0.119. The van der Waals surface area contributed by atoms with Crippen LogP contribution in [0.1, 0.15) is 19.4 Å². The van der Waals surface area contributed by atoms with Gasteiger partial charge in [0, 0.05) is 11.3 Å². The summed E-state index contributed by atoms with van der Waals surface area (Å²) in [5, 5.41) is 16.7. The molecule has 2 aromatic rings. The molecule has 3 N–H and O–H groups in total. The summed E-state index contributed by atoms with van der Waals surface area (Å²) in [4.78, 5) is 11.8. The van der Waals surface area contributed by atoms with E-state index in [1.54, 1.807) is 31.2 Å². The number of hydrogen-bond donors (Lipinski definition) is 3. The van der Waals surface area contributed by atoms with E-state index in [0.29, 0.717) is 17.9 Å². The summed E-state index contributed by atoms with van der Waals surface area (Å²) in [5.74, 6) is 0.634. The van der Waals surface area contributed by atoms with Gasteiger partial charge in [-0.15, -0.1) is 0 Å². The van der Waals surface area contributed by atoms with Gasteiger partial charge in [0.25, 0.3) is 5.91 Å². The fraction of sp³-hybridized carbons (Fsp3) is 0.222. The predicted octanol–water partition coefficient (Wildman–Crippen LogP) is 2.74. The van der Waals surface area contributed by atoms with Gasteiger partial charge in [-0.05, 0) is 50.2 Å². The van der Waals surface area contributed by atoms with Crippen LogP contribution < -0.4 is 15.5 Å². The second-order valence-corrected chi connectivity index (χ2v) is 5.06. The second-order valence-electron chi connectivity index (χ2n) is 5.06. The van der Waals surface area contributed by atoms with Crippen LogP contribution in [-0.4, -0.2) is 29.9 Å². The summed E-state index contributed by atoms with van der Waals surface area (Å²) < 4.78 is 5.36. The number of nitrogens with one attached hydrogen (secondary N) is 2. The van der Waals surface area contributed by atoms with Gasteiger partial charge in [0.05, 0.1) is 18.9 Å². The average Bonchev–Trinajstić information content (AvgIpc) is 2.60. The van der Waals surface area contributed by atoms with Crippen molar-refractivity contribution < 1.29 is 14.6 Å². The van der Waals surface area contributed by atoms with Gasteiger partial charge in [0.15, 0.2) is 0 Å². The van der Waals surface area contributed by atoms with E-state index in [2.05, 4.69) is 15.8 Å². The third-order valence-electron chi connectivity index (χ3n) is 3.26. The fourth-order valence-electron chi connectivity index (χ4n) is 2.04. The minimum atomic E-state index is -0.279. The molecule has 6 nitrogen and oxygen atoms in total. The molecule has 0 aliphatic heterocycles. The minimum absolute atomic E-state index is 0.0888. The zero-order chi connectivity index (χ0) is 17.4. The van der Waals surface area contributed by atoms with Crippen molar-refractivity contribution in [3.8, 4) is 11.5 Å². The molecule has 0 saturated heterocycles. The van der Waals surface area contributed by atoms with Crippen LogP contribution in [0.2, 0.25) is 0 Å². The Morgan fingerprint density at radius 1 is 1.17 bits per heavy atom. The van der Waals surface area contributed by atoms with Crippen molar-refractivity contribution >= 4 is 17.3 Å². The van der Waals surface area contributed by atoms with Crippen molar-refractivity contribution in [1.82, 2.24) is 5.43 Å². The molecule has 1 amide bonds. The molecule has 0 fully saturated rings. The van der Waals surface area contributed by atoms with Crippen LogP contribution >= 0.6 is 0 Å². The van der Waals surface area contributed by atoms with Crippen molar-refractivity contribution in [1.29, 1.82) is 0 Å². The number of para-hydroxylation sites is 1. The van der Waals surface area contributed by atoms with Gasteiger partial charge in [0.1, 0.15) is 11.5 Å². The summed E-state index contributed by atoms with van der Waals surface area (Å²) in [6, 6.07) is 14.2. The molecular formula is C18H21N3O3. The topological polar surface area (TPSA) is 83.0 Å². The van der Waals surface area contributed by atoms with E-state index >= 15 is 0 Å². The lowest BCUT2D eigenvalue weighted by Gasteiger charge is -2.08. The quantitative estimate of drug-likeness (QED) is 0.539. The van der Waals surface area contributed by atoms with Gasteiger partial charge in [-0.1, -0.05) is 12.1 Å². The summed E-state index contributed by atoms with van der Waals surface area (Å²) in [5.41, 5.74) is 4.39. The normalized spacial score (nSPS) is 11.0. The van der Waals surface area contributed by atoms with Crippen molar-refractivity contribution in [2.75, 3.05) is 18.5 Å². The van der Waals surface area contributed by atoms with Crippen molar-refractivity contribution in [3.63, 3.8) is 0 Å². The van der Waals surface area contributed by atoms with E-state index in [1.807, 2.05) is 31.2 Å². The number of carbonyl (C=O) groups excluding carboxylic acids is 1. The lowest BCUT2D eigenvalue weighted by atomic mass is 10.1. The lowest BCUT2D eigenvalue weighted by Crippen LogP contribution is -2.26. The number of nitrogens with zero attached hydrogens (tertiary/aromatic N) is 1. The monoisotopic (exact) mass is 327 g/mol. The highest BCUT2D eigenvalue weighted by Gasteiger charge is 2.05. The van der Waals surface area contributed by atoms with Crippen molar-refractivity contribution in [2.45, 2.75) is 13.8 Å². The Kier molecular flexibility index (Phi) is 6.19. The molecule has 0 saturated carbocycles. The fourth-order valence-corrected chi connectivity index (χ4v) is 2.04. The molecule has 0 aliphatic rings. The second kappa shape index (κ2) is 8.57. The van der Waals surface area contributed by atoms with Crippen LogP contribution in [0.3, 0.4) is 0 Å². The van der Waals surface area contributed by atoms with Crippen LogP contribution in [0.25, 0.3) is 0 Å². The highest BCUT2D eigenvalue weighted by molar-refractivity contribution is 6.01. The Morgan fingerprint density at radius 3 is 2.54 bits per heavy atom. The van der Waals surface area contributed by atoms with Crippen molar-refractivity contribution in [2.24, 2.45) is 5.10 Å². The SMILES string of the molecule is CCOc1ccc(NCC(=O)N/N=C(/C)c2ccccc2O)cc1. The van der Waals surface area contributed by atoms with Crippen LogP contribution in [0.5, 0.6) is 11.5 Å². The van der Waals surface area contributed by atoms with E-state index in [0.717, 1.165) is 11.4 Å². The van der Waals surface area contributed by atoms with Crippen LogP contribution in [0.4, 0.5) is 5.69 Å². The van der Waals surface area contributed by atoms with Gasteiger partial charge in [-0.2, -0.15) is 5.10 Å². The van der Waals surface area contributed by atoms with E-state index < -0.39 is 0 Å². The Hall–Kier alpha value is -3.02. The highest BCUT2D eigenvalue weighted by Crippen LogP contribution is 2.16. The molecule has 2 aromatic carbocycles. The molecule has 2 rings (SSSR count). The molecule has 24 heavy (non-hydrogen) atoms. The third-order valence-corrected chi connectivity index (χ3v) is 3.26. The smallest absolute Gasteiger partial charge is 0.259 e. The summed E-state index contributed by atoms with van der Waals surface area (Å²) in [7, 11) is 0. The average molecular weight is 327 g/mol. The van der Waals surface area contributed by atoms with Gasteiger partial charge in [0.2, 0.25) is 0 Å². The first kappa shape index (κ1) is 17.3. The summed E-state index contributed by atoms with van der Waals surface area (Å²) in [6.45, 7) is 4.35. The molecule has 0 atom stereocenters. The van der Waals surface area contributed by atoms with Crippen LogP contribution in [0.15, 0.2) is 53.6 Å². The molecule has 0 aromatic heterocycles. The minimum Gasteiger partial charge on any atom is -0.507 e. The number of hydrazone groups is 1. The van der Waals surface area contributed by atoms with Crippen molar-refractivity contribution in [3.05, 3.63) is 54.1 Å². The van der Waals surface area contributed by atoms with Gasteiger partial charge in [-0.25, -0.2) is 5.43 Å². The first-order chi connectivity index (χ1) is 11.6. The molecule has 126 valence electrons. The number of rotatable bonds is 7. The Morgan fingerprint density at radius 2 is 1.88 bits per heavy atom. The van der Waals surface area contributed by atoms with E-state index in [9.17, 15) is 9.90 Å². The maximum Gasteiger partial charge on any atom is 0.259 e. The predicted molar refractivity (Wildman–Crippen MR) is 94.6 cm³/mol. The Balaban J connectivity index is 1.85. The van der Waals surface area contributed by atoms with E-state index in [1.165, 1.54) is 0 Å². The number of amides is 1. The molecule has 0 spiro atoms. The molecule has 0 radical (unpaired) electrons. The maximum absolute atomic E-state index is 11.8. The van der Waals surface area contributed by atoms with Gasteiger partial charge >= 0.3 is 0 Å². The van der Waals surface area contributed by atoms with Gasteiger partial charge < -0.3 is 15.2 Å². The standard InChI is InChI=1S/C18H21N3O3/c1-3-24-15-10-8-14(9-11-15)19-12-18(23)21-20-13(2)16-6-4-5-7-17(16)22/h4-11,19,22H,3,12H2,1-2H3,(H,21,23)/b20-13-. The zero-order valence-corrected chi connectivity index (χ0v) is 13.7. The molecule has 0 bridgehead atoms. The highest BCUT2D eigenvalue weighted by atomic mass is 16.5. The van der Waals surface area contributed by atoms with Crippen LogP contribution in [-0.2, 0) is 4.79 Å². The molecule has 0 heterocycles. The number of phenols is 1. The largest absolute Gasteiger partial charge is 0.507 e. The number of aromatic hydroxyl groups is 1. The number of carbonyl (C=O) groups is 1. The molecule has 0 aliphatic carbocycles. The molecule has 6 heteroatoms. The first-order valence-corrected chi connectivity index (χ1v) is 7.68. The maximum atomic E-state index is 11.8. The number of phenolic OH excluding ortho intramolecular Hbond substituents is 1. The Labute approximate surface area is 141 Å². The summed E-state index contributed by atoms with van der Waals surface area (Å²) in [6.07, 6.45) is 0. The summed E-state index contributed by atoms with van der Waals surface area (Å²) >= 11 is 0. The van der Waals surface area contributed by atoms with Gasteiger partial charge in [-0.3, -0.25) is 4.79 Å². The van der Waals surface area contributed by atoms with E-state index in [4.69, 9.17) is 4.74 Å². The molecular weight excluding hydrogens is 306 g/mol. The number of hydrogen-bond acceptors (Lipinski definition) is 5. The Bertz CT molecular complexity index is 712.